The van der Waals surface area contributed by atoms with Gasteiger partial charge in [-0.1, -0.05) is 0 Å². The fourth-order valence-corrected chi connectivity index (χ4v) is 0.489. The van der Waals surface area contributed by atoms with Crippen LogP contribution in [0, 0.1) is 11.3 Å². The van der Waals surface area contributed by atoms with Gasteiger partial charge in [-0.25, -0.2) is 0 Å². The minimum atomic E-state index is -2.37. The van der Waals surface area contributed by atoms with E-state index in [1.807, 2.05) is 0 Å². The molecule has 0 radical (unpaired) electrons. The Hall–Kier alpha value is -0.320. The predicted molar refractivity (Wildman–Crippen MR) is 26.3 cm³/mol. The van der Waals surface area contributed by atoms with Crippen molar-refractivity contribution in [2.24, 2.45) is 0 Å². The van der Waals surface area contributed by atoms with Crippen molar-refractivity contribution in [3.05, 3.63) is 0 Å². The summed E-state index contributed by atoms with van der Waals surface area (Å²) in [5, 5.41) is 7.83. The van der Waals surface area contributed by atoms with Crippen LogP contribution >= 0.6 is 8.03 Å². The van der Waals surface area contributed by atoms with Gasteiger partial charge in [0.15, 0.2) is 8.03 Å². The van der Waals surface area contributed by atoms with Crippen LogP contribution in [0.3, 0.4) is 0 Å². The van der Waals surface area contributed by atoms with Crippen LogP contribution in [0.25, 0.3) is 0 Å². The molecule has 0 rings (SSSR count). The van der Waals surface area contributed by atoms with E-state index in [4.69, 9.17) is 10.2 Å². The molecule has 0 saturated carbocycles. The van der Waals surface area contributed by atoms with Crippen LogP contribution in [0.1, 0.15) is 6.42 Å². The van der Waals surface area contributed by atoms with Gasteiger partial charge in [0.05, 0.1) is 6.07 Å². The first-order chi connectivity index (χ1) is 3.27. The van der Waals surface area contributed by atoms with E-state index in [0.717, 1.165) is 0 Å². The molecular formula is C3H6NO2P. The summed E-state index contributed by atoms with van der Waals surface area (Å²) in [5.74, 6) is 0. The Balaban J connectivity index is 3.02. The van der Waals surface area contributed by atoms with Gasteiger partial charge in [0.25, 0.3) is 0 Å². The summed E-state index contributed by atoms with van der Waals surface area (Å²) in [6, 6.07) is 1.76. The molecule has 1 atom stereocenters. The molecule has 0 aliphatic carbocycles. The van der Waals surface area contributed by atoms with E-state index in [0.29, 0.717) is 0 Å². The molecule has 0 bridgehead atoms. The summed E-state index contributed by atoms with van der Waals surface area (Å²) in [5.41, 5.74) is 0. The van der Waals surface area contributed by atoms with Crippen LogP contribution in [0.5, 0.6) is 0 Å². The van der Waals surface area contributed by atoms with Gasteiger partial charge >= 0.3 is 0 Å². The topological polar surface area (TPSA) is 61.1 Å². The molecule has 0 heterocycles. The SMILES string of the molecule is N#CCC[PH](=O)O. The fourth-order valence-electron chi connectivity index (χ4n) is 0.163. The van der Waals surface area contributed by atoms with Gasteiger partial charge in [-0.05, 0) is 0 Å². The van der Waals surface area contributed by atoms with Crippen molar-refractivity contribution < 1.29 is 9.46 Å². The van der Waals surface area contributed by atoms with Gasteiger partial charge in [0.1, 0.15) is 0 Å². The monoisotopic (exact) mass is 119 g/mol. The van der Waals surface area contributed by atoms with Crippen molar-refractivity contribution in [1.29, 1.82) is 5.26 Å². The van der Waals surface area contributed by atoms with Crippen LogP contribution in [-0.2, 0) is 4.57 Å². The minimum Gasteiger partial charge on any atom is -0.346 e. The molecule has 3 nitrogen and oxygen atoms in total. The van der Waals surface area contributed by atoms with Crippen LogP contribution < -0.4 is 0 Å². The number of rotatable bonds is 2. The number of nitriles is 1. The van der Waals surface area contributed by atoms with Crippen molar-refractivity contribution in [1.82, 2.24) is 0 Å². The Morgan fingerprint density at radius 3 is 2.57 bits per heavy atom. The first-order valence-corrected chi connectivity index (χ1v) is 3.42. The average molecular weight is 119 g/mol. The lowest BCUT2D eigenvalue weighted by atomic mass is 10.6. The normalized spacial score (nSPS) is 12.6. The molecule has 0 amide bonds. The third-order valence-electron chi connectivity index (χ3n) is 0.451. The van der Waals surface area contributed by atoms with Crippen molar-refractivity contribution in [3.63, 3.8) is 0 Å². The molecule has 0 saturated heterocycles. The number of nitrogens with zero attached hydrogens (tertiary/aromatic N) is 1. The summed E-state index contributed by atoms with van der Waals surface area (Å²) in [6.45, 7) is 0. The zero-order chi connectivity index (χ0) is 5.70. The summed E-state index contributed by atoms with van der Waals surface area (Å²) >= 11 is 0. The summed E-state index contributed by atoms with van der Waals surface area (Å²) < 4.78 is 9.79. The highest BCUT2D eigenvalue weighted by Crippen LogP contribution is 2.12. The Labute approximate surface area is 42.4 Å². The van der Waals surface area contributed by atoms with Gasteiger partial charge in [0.2, 0.25) is 0 Å². The van der Waals surface area contributed by atoms with E-state index in [-0.39, 0.29) is 12.6 Å². The summed E-state index contributed by atoms with van der Waals surface area (Å²) in [4.78, 5) is 8.08. The Morgan fingerprint density at radius 2 is 2.43 bits per heavy atom. The minimum absolute atomic E-state index is 0.140. The third-order valence-corrected chi connectivity index (χ3v) is 1.13. The maximum absolute atomic E-state index is 9.79. The van der Waals surface area contributed by atoms with Gasteiger partial charge in [-0.15, -0.1) is 0 Å². The largest absolute Gasteiger partial charge is 0.346 e. The number of hydrogen-bond acceptors (Lipinski definition) is 2. The zero-order valence-electron chi connectivity index (χ0n) is 3.72. The second kappa shape index (κ2) is 3.86. The third kappa shape index (κ3) is 5.68. The molecule has 0 aromatic carbocycles. The quantitative estimate of drug-likeness (QED) is 0.534. The van der Waals surface area contributed by atoms with Crippen LogP contribution in [0.15, 0.2) is 0 Å². The highest BCUT2D eigenvalue weighted by atomic mass is 31.1. The van der Waals surface area contributed by atoms with Crippen molar-refractivity contribution in [2.45, 2.75) is 6.42 Å². The molecule has 0 fully saturated rings. The van der Waals surface area contributed by atoms with Gasteiger partial charge < -0.3 is 4.89 Å². The van der Waals surface area contributed by atoms with Gasteiger partial charge in [-0.3, -0.25) is 4.57 Å². The average Bonchev–Trinajstić information content (AvgIpc) is 1.61. The molecule has 7 heavy (non-hydrogen) atoms. The first kappa shape index (κ1) is 6.68. The van der Waals surface area contributed by atoms with E-state index < -0.39 is 8.03 Å². The van der Waals surface area contributed by atoms with Crippen molar-refractivity contribution in [2.75, 3.05) is 6.16 Å². The maximum Gasteiger partial charge on any atom is 0.190 e. The van der Waals surface area contributed by atoms with Crippen LogP contribution in [0.4, 0.5) is 0 Å². The van der Waals surface area contributed by atoms with E-state index in [1.165, 1.54) is 0 Å². The summed E-state index contributed by atoms with van der Waals surface area (Å²) in [7, 11) is -2.37. The maximum atomic E-state index is 9.79. The van der Waals surface area contributed by atoms with E-state index in [9.17, 15) is 4.57 Å². The molecule has 4 heteroatoms. The smallest absolute Gasteiger partial charge is 0.190 e. The molecule has 40 valence electrons. The summed E-state index contributed by atoms with van der Waals surface area (Å²) in [6.07, 6.45) is 0.329. The molecule has 0 aromatic heterocycles. The number of hydrogen-bond donors (Lipinski definition) is 1. The fraction of sp³-hybridized carbons (Fsp3) is 0.667. The highest BCUT2D eigenvalue weighted by Gasteiger charge is 1.87. The van der Waals surface area contributed by atoms with Crippen LogP contribution in [0.2, 0.25) is 0 Å². The second-order valence-electron chi connectivity index (χ2n) is 1.05. The van der Waals surface area contributed by atoms with Crippen molar-refractivity contribution in [3.8, 4) is 6.07 Å². The van der Waals surface area contributed by atoms with Gasteiger partial charge in [0, 0.05) is 12.6 Å². The van der Waals surface area contributed by atoms with E-state index >= 15 is 0 Å². The van der Waals surface area contributed by atoms with E-state index in [2.05, 4.69) is 0 Å². The second-order valence-corrected chi connectivity index (χ2v) is 2.34. The van der Waals surface area contributed by atoms with Crippen LogP contribution in [-0.4, -0.2) is 11.1 Å². The molecule has 1 N–H and O–H groups in total. The lowest BCUT2D eigenvalue weighted by molar-refractivity contribution is 0.503. The van der Waals surface area contributed by atoms with Crippen molar-refractivity contribution >= 4 is 8.03 Å². The molecular weight excluding hydrogens is 113 g/mol. The first-order valence-electron chi connectivity index (χ1n) is 1.86. The van der Waals surface area contributed by atoms with E-state index in [1.54, 1.807) is 6.07 Å². The Bertz CT molecular complexity index is 106. The van der Waals surface area contributed by atoms with Gasteiger partial charge in [-0.2, -0.15) is 5.26 Å². The Morgan fingerprint density at radius 1 is 1.86 bits per heavy atom. The lowest BCUT2D eigenvalue weighted by Crippen LogP contribution is -1.70. The highest BCUT2D eigenvalue weighted by molar-refractivity contribution is 7.37. The molecule has 1 unspecified atom stereocenters. The standard InChI is InChI=1S/C3H6NO2P/c4-2-1-3-7(5)6/h7H,1,3H2,(H,5,6). The Kier molecular flexibility index (Phi) is 3.68. The molecule has 0 aliphatic heterocycles. The molecule has 0 aliphatic rings. The zero-order valence-corrected chi connectivity index (χ0v) is 4.72. The molecule has 0 spiro atoms. The molecule has 0 aromatic rings. The lowest BCUT2D eigenvalue weighted by Gasteiger charge is -1.80. The predicted octanol–water partition coefficient (Wildman–Crippen LogP) is 0.367.